The van der Waals surface area contributed by atoms with Crippen LogP contribution in [-0.4, -0.2) is 38.1 Å². The molecule has 134 valence electrons. The Hall–Kier alpha value is -2.60. The molecule has 1 saturated heterocycles. The summed E-state index contributed by atoms with van der Waals surface area (Å²) in [7, 11) is 0. The molecule has 0 aliphatic carbocycles. The third-order valence-electron chi connectivity index (χ3n) is 5.03. The van der Waals surface area contributed by atoms with Gasteiger partial charge in [0.25, 0.3) is 0 Å². The normalized spacial score (nSPS) is 18.2. The topological polar surface area (TPSA) is 67.9 Å². The van der Waals surface area contributed by atoms with Crippen LogP contribution in [-0.2, 0) is 6.54 Å². The molecule has 1 fully saturated rings. The van der Waals surface area contributed by atoms with Gasteiger partial charge in [-0.3, -0.25) is 19.9 Å². The molecule has 1 aliphatic heterocycles. The van der Waals surface area contributed by atoms with E-state index < -0.39 is 0 Å². The summed E-state index contributed by atoms with van der Waals surface area (Å²) in [6.07, 6.45) is 9.62. The molecule has 0 spiro atoms. The summed E-state index contributed by atoms with van der Waals surface area (Å²) in [4.78, 5) is 15.8. The maximum absolute atomic E-state index is 5.27. The monoisotopic (exact) mass is 349 g/mol. The molecule has 0 amide bonds. The van der Waals surface area contributed by atoms with Crippen molar-refractivity contribution in [3.8, 4) is 11.1 Å². The van der Waals surface area contributed by atoms with Crippen molar-refractivity contribution in [1.82, 2.24) is 25.0 Å². The lowest BCUT2D eigenvalue weighted by molar-refractivity contribution is 0.196. The largest absolute Gasteiger partial charge is 0.361 e. The van der Waals surface area contributed by atoms with E-state index in [2.05, 4.69) is 32.2 Å². The number of rotatable bonds is 4. The Morgan fingerprint density at radius 3 is 2.77 bits per heavy atom. The zero-order chi connectivity index (χ0) is 17.9. The summed E-state index contributed by atoms with van der Waals surface area (Å²) in [5, 5.41) is 4.03. The minimum Gasteiger partial charge on any atom is -0.361 e. The SMILES string of the molecule is Cc1noc(C)c1-c1ccc([C@H]2CCCN(Cc3cnccn3)C2)nc1. The van der Waals surface area contributed by atoms with E-state index in [9.17, 15) is 0 Å². The number of aryl methyl sites for hydroxylation is 2. The maximum Gasteiger partial charge on any atom is 0.141 e. The van der Waals surface area contributed by atoms with Gasteiger partial charge in [0.1, 0.15) is 5.76 Å². The molecule has 6 heteroatoms. The van der Waals surface area contributed by atoms with E-state index in [0.29, 0.717) is 5.92 Å². The van der Waals surface area contributed by atoms with E-state index in [0.717, 1.165) is 53.6 Å². The fourth-order valence-electron chi connectivity index (χ4n) is 3.77. The quantitative estimate of drug-likeness (QED) is 0.718. The van der Waals surface area contributed by atoms with Gasteiger partial charge in [-0.05, 0) is 39.3 Å². The lowest BCUT2D eigenvalue weighted by atomic mass is 9.93. The zero-order valence-electron chi connectivity index (χ0n) is 15.2. The molecule has 6 nitrogen and oxygen atoms in total. The number of pyridine rings is 1. The van der Waals surface area contributed by atoms with Crippen LogP contribution in [0.4, 0.5) is 0 Å². The van der Waals surface area contributed by atoms with E-state index in [4.69, 9.17) is 9.51 Å². The summed E-state index contributed by atoms with van der Waals surface area (Å²) in [6, 6.07) is 4.29. The van der Waals surface area contributed by atoms with Crippen molar-refractivity contribution < 1.29 is 4.52 Å². The third kappa shape index (κ3) is 3.51. The van der Waals surface area contributed by atoms with Crippen LogP contribution in [0, 0.1) is 13.8 Å². The Morgan fingerprint density at radius 2 is 2.08 bits per heavy atom. The molecule has 26 heavy (non-hydrogen) atoms. The Labute approximate surface area is 153 Å². The van der Waals surface area contributed by atoms with Crippen LogP contribution in [0.1, 0.15) is 41.6 Å². The number of aromatic nitrogens is 4. The Balaban J connectivity index is 1.47. The van der Waals surface area contributed by atoms with Crippen molar-refractivity contribution >= 4 is 0 Å². The second kappa shape index (κ2) is 7.33. The summed E-state index contributed by atoms with van der Waals surface area (Å²) < 4.78 is 5.27. The maximum atomic E-state index is 5.27. The average Bonchev–Trinajstić information content (AvgIpc) is 3.01. The van der Waals surface area contributed by atoms with Crippen molar-refractivity contribution in [2.75, 3.05) is 13.1 Å². The van der Waals surface area contributed by atoms with Gasteiger partial charge in [0.05, 0.1) is 11.4 Å². The number of piperidine rings is 1. The highest BCUT2D eigenvalue weighted by Crippen LogP contribution is 2.30. The smallest absolute Gasteiger partial charge is 0.141 e. The van der Waals surface area contributed by atoms with Crippen molar-refractivity contribution in [2.24, 2.45) is 0 Å². The van der Waals surface area contributed by atoms with Crippen molar-refractivity contribution in [2.45, 2.75) is 39.2 Å². The Morgan fingerprint density at radius 1 is 1.15 bits per heavy atom. The van der Waals surface area contributed by atoms with Gasteiger partial charge in [0.15, 0.2) is 0 Å². The minimum absolute atomic E-state index is 0.458. The van der Waals surface area contributed by atoms with Gasteiger partial charge in [0, 0.05) is 60.6 Å². The Bertz CT molecular complexity index is 840. The van der Waals surface area contributed by atoms with Crippen molar-refractivity contribution in [3.63, 3.8) is 0 Å². The highest BCUT2D eigenvalue weighted by molar-refractivity contribution is 5.66. The summed E-state index contributed by atoms with van der Waals surface area (Å²) >= 11 is 0. The number of likely N-dealkylation sites (tertiary alicyclic amines) is 1. The minimum atomic E-state index is 0.458. The van der Waals surface area contributed by atoms with Gasteiger partial charge in [-0.2, -0.15) is 0 Å². The predicted molar refractivity (Wildman–Crippen MR) is 98.5 cm³/mol. The molecule has 0 N–H and O–H groups in total. The van der Waals surface area contributed by atoms with Gasteiger partial charge in [-0.25, -0.2) is 0 Å². The molecule has 1 aliphatic rings. The van der Waals surface area contributed by atoms with Crippen LogP contribution in [0.3, 0.4) is 0 Å². The van der Waals surface area contributed by atoms with E-state index >= 15 is 0 Å². The molecule has 3 aromatic heterocycles. The van der Waals surface area contributed by atoms with E-state index in [-0.39, 0.29) is 0 Å². The van der Waals surface area contributed by atoms with Gasteiger partial charge in [0.2, 0.25) is 0 Å². The average molecular weight is 349 g/mol. The van der Waals surface area contributed by atoms with Crippen LogP contribution in [0.25, 0.3) is 11.1 Å². The lowest BCUT2D eigenvalue weighted by Crippen LogP contribution is -2.34. The highest BCUT2D eigenvalue weighted by atomic mass is 16.5. The van der Waals surface area contributed by atoms with Crippen LogP contribution in [0.2, 0.25) is 0 Å². The number of hydrogen-bond donors (Lipinski definition) is 0. The third-order valence-corrected chi connectivity index (χ3v) is 5.03. The zero-order valence-corrected chi connectivity index (χ0v) is 15.2. The summed E-state index contributed by atoms with van der Waals surface area (Å²) in [5.74, 6) is 1.30. The molecule has 4 rings (SSSR count). The summed E-state index contributed by atoms with van der Waals surface area (Å²) in [5.41, 5.74) is 5.21. The molecule has 0 saturated carbocycles. The standard InChI is InChI=1S/C20H23N5O/c1-14-20(15(2)26-24-14)16-5-6-19(23-10-16)17-4-3-9-25(12-17)13-18-11-21-7-8-22-18/h5-8,10-11,17H,3-4,9,12-13H2,1-2H3/t17-/m0/s1. The first kappa shape index (κ1) is 16.8. The first-order chi connectivity index (χ1) is 12.7. The van der Waals surface area contributed by atoms with Gasteiger partial charge >= 0.3 is 0 Å². The van der Waals surface area contributed by atoms with Gasteiger partial charge in [-0.1, -0.05) is 11.2 Å². The second-order valence-electron chi connectivity index (χ2n) is 6.94. The lowest BCUT2D eigenvalue weighted by Gasteiger charge is -2.32. The Kier molecular flexibility index (Phi) is 4.75. The van der Waals surface area contributed by atoms with E-state index in [1.807, 2.05) is 26.2 Å². The highest BCUT2D eigenvalue weighted by Gasteiger charge is 2.23. The van der Waals surface area contributed by atoms with Crippen molar-refractivity contribution in [1.29, 1.82) is 0 Å². The first-order valence-electron chi connectivity index (χ1n) is 9.07. The molecule has 0 unspecified atom stereocenters. The number of nitrogens with zero attached hydrogens (tertiary/aromatic N) is 5. The molecule has 4 heterocycles. The van der Waals surface area contributed by atoms with Crippen LogP contribution in [0.15, 0.2) is 41.4 Å². The predicted octanol–water partition coefficient (Wildman–Crippen LogP) is 3.52. The van der Waals surface area contributed by atoms with Crippen LogP contribution >= 0.6 is 0 Å². The molecular weight excluding hydrogens is 326 g/mol. The molecule has 0 aromatic carbocycles. The molecule has 3 aromatic rings. The van der Waals surface area contributed by atoms with Gasteiger partial charge < -0.3 is 4.52 Å². The van der Waals surface area contributed by atoms with Crippen LogP contribution in [0.5, 0.6) is 0 Å². The van der Waals surface area contributed by atoms with Crippen molar-refractivity contribution in [3.05, 3.63) is 59.8 Å². The molecular formula is C20H23N5O. The number of hydrogen-bond acceptors (Lipinski definition) is 6. The van der Waals surface area contributed by atoms with E-state index in [1.54, 1.807) is 12.4 Å². The molecule has 1 atom stereocenters. The second-order valence-corrected chi connectivity index (χ2v) is 6.94. The van der Waals surface area contributed by atoms with E-state index in [1.165, 1.54) is 12.8 Å². The molecule has 0 radical (unpaired) electrons. The van der Waals surface area contributed by atoms with Crippen LogP contribution < -0.4 is 0 Å². The first-order valence-corrected chi connectivity index (χ1v) is 9.07. The fraction of sp³-hybridized carbons (Fsp3) is 0.400. The molecule has 0 bridgehead atoms. The summed E-state index contributed by atoms with van der Waals surface area (Å²) in [6.45, 7) is 6.86. The fourth-order valence-corrected chi connectivity index (χ4v) is 3.77. The van der Waals surface area contributed by atoms with Gasteiger partial charge in [-0.15, -0.1) is 0 Å².